The Bertz CT molecular complexity index is 3170. The first-order valence-electron chi connectivity index (χ1n) is 23.7. The van der Waals surface area contributed by atoms with E-state index >= 15 is 0 Å². The minimum Gasteiger partial charge on any atom is -0.456 e. The van der Waals surface area contributed by atoms with Crippen LogP contribution in [0.15, 0.2) is 210 Å². The Balaban J connectivity index is 0.000000172. The maximum atomic E-state index is 6.24. The molecule has 1 heterocycles. The first-order valence-corrected chi connectivity index (χ1v) is 23.7. The van der Waals surface area contributed by atoms with Crippen molar-refractivity contribution < 1.29 is 4.42 Å². The second-order valence-corrected chi connectivity index (χ2v) is 17.7. The third-order valence-electron chi connectivity index (χ3n) is 13.5. The zero-order valence-corrected chi connectivity index (χ0v) is 38.7. The van der Waals surface area contributed by atoms with Crippen molar-refractivity contribution in [3.05, 3.63) is 245 Å². The highest BCUT2D eigenvalue weighted by atomic mass is 16.3. The molecule has 0 saturated heterocycles. The molecular weight excluding hydrogens is 801 g/mol. The van der Waals surface area contributed by atoms with E-state index in [0.29, 0.717) is 12.6 Å². The summed E-state index contributed by atoms with van der Waals surface area (Å²) < 4.78 is 6.24. The van der Waals surface area contributed by atoms with Gasteiger partial charge in [-0.1, -0.05) is 201 Å². The molecule has 3 aliphatic rings. The molecule has 12 rings (SSSR count). The highest BCUT2D eigenvalue weighted by Crippen LogP contribution is 2.64. The van der Waals surface area contributed by atoms with E-state index in [9.17, 15) is 0 Å². The topological polar surface area (TPSA) is 65.2 Å². The van der Waals surface area contributed by atoms with Crippen molar-refractivity contribution in [1.82, 2.24) is 0 Å². The van der Waals surface area contributed by atoms with Gasteiger partial charge < -0.3 is 15.9 Å². The monoisotopic (exact) mass is 860 g/mol. The minimum atomic E-state index is -0.252. The van der Waals surface area contributed by atoms with Crippen LogP contribution >= 0.6 is 0 Å². The second-order valence-electron chi connectivity index (χ2n) is 17.7. The van der Waals surface area contributed by atoms with Crippen LogP contribution in [0.4, 0.5) is 0 Å². The molecule has 0 saturated carbocycles. The normalized spacial score (nSPS) is 15.4. The summed E-state index contributed by atoms with van der Waals surface area (Å²) in [7, 11) is 0. The summed E-state index contributed by atoms with van der Waals surface area (Å²) in [4.78, 5) is 0. The Morgan fingerprint density at radius 2 is 1.18 bits per heavy atom. The lowest BCUT2D eigenvalue weighted by Crippen LogP contribution is -2.27. The molecule has 328 valence electrons. The molecule has 0 bridgehead atoms. The van der Waals surface area contributed by atoms with Gasteiger partial charge in [-0.25, -0.2) is 0 Å². The highest BCUT2D eigenvalue weighted by molar-refractivity contribution is 6.09. The molecular formula is C63H60N2O. The summed E-state index contributed by atoms with van der Waals surface area (Å²) in [5.74, 6) is 0. The van der Waals surface area contributed by atoms with Gasteiger partial charge in [0, 0.05) is 23.4 Å². The van der Waals surface area contributed by atoms with Crippen LogP contribution in [0, 0.1) is 6.92 Å². The van der Waals surface area contributed by atoms with Gasteiger partial charge in [0.1, 0.15) is 11.2 Å². The first-order chi connectivity index (χ1) is 32.4. The van der Waals surface area contributed by atoms with Crippen molar-refractivity contribution >= 4 is 27.5 Å². The number of aryl methyl sites for hydroxylation is 2. The largest absolute Gasteiger partial charge is 0.456 e. The van der Waals surface area contributed by atoms with E-state index in [0.717, 1.165) is 53.2 Å². The Kier molecular flexibility index (Phi) is 13.1. The van der Waals surface area contributed by atoms with Crippen LogP contribution in [-0.2, 0) is 18.4 Å². The molecule has 1 spiro atoms. The van der Waals surface area contributed by atoms with E-state index in [4.69, 9.17) is 15.9 Å². The van der Waals surface area contributed by atoms with Gasteiger partial charge >= 0.3 is 0 Å². The van der Waals surface area contributed by atoms with Crippen LogP contribution in [0.2, 0.25) is 0 Å². The van der Waals surface area contributed by atoms with Crippen LogP contribution in [0.5, 0.6) is 0 Å². The van der Waals surface area contributed by atoms with Crippen molar-refractivity contribution in [3.63, 3.8) is 0 Å². The molecule has 66 heavy (non-hydrogen) atoms. The molecule has 1 aromatic heterocycles. The van der Waals surface area contributed by atoms with Gasteiger partial charge in [0.15, 0.2) is 0 Å². The third kappa shape index (κ3) is 8.26. The van der Waals surface area contributed by atoms with Crippen LogP contribution in [0.25, 0.3) is 60.9 Å². The van der Waals surface area contributed by atoms with Crippen LogP contribution < -0.4 is 11.5 Å². The summed E-state index contributed by atoms with van der Waals surface area (Å²) in [6, 6.07) is 67.8. The first kappa shape index (κ1) is 44.2. The van der Waals surface area contributed by atoms with E-state index < -0.39 is 0 Å². The van der Waals surface area contributed by atoms with Crippen molar-refractivity contribution in [1.29, 1.82) is 0 Å². The molecule has 0 amide bonds. The summed E-state index contributed by atoms with van der Waals surface area (Å²) >= 11 is 0. The predicted molar refractivity (Wildman–Crippen MR) is 280 cm³/mol. The van der Waals surface area contributed by atoms with Gasteiger partial charge in [-0.05, 0) is 136 Å². The summed E-state index contributed by atoms with van der Waals surface area (Å²) in [5.41, 5.74) is 33.1. The van der Waals surface area contributed by atoms with Crippen molar-refractivity contribution in [2.75, 3.05) is 0 Å². The van der Waals surface area contributed by atoms with E-state index in [1.54, 1.807) is 5.57 Å². The minimum absolute atomic E-state index is 0.252. The van der Waals surface area contributed by atoms with Crippen LogP contribution in [-0.4, -0.2) is 6.04 Å². The molecule has 3 aliphatic carbocycles. The number of nitrogens with two attached hydrogens (primary N) is 2. The second kappa shape index (κ2) is 19.6. The smallest absolute Gasteiger partial charge is 0.135 e. The van der Waals surface area contributed by atoms with E-state index in [-0.39, 0.29) is 5.41 Å². The fourth-order valence-corrected chi connectivity index (χ4v) is 10.0. The fourth-order valence-electron chi connectivity index (χ4n) is 10.0. The van der Waals surface area contributed by atoms with Gasteiger partial charge in [0.2, 0.25) is 0 Å². The number of allylic oxidation sites excluding steroid dienone is 4. The summed E-state index contributed by atoms with van der Waals surface area (Å²) in [5, 5.41) is 2.25. The number of furan rings is 1. The van der Waals surface area contributed by atoms with Crippen LogP contribution in [0.1, 0.15) is 79.0 Å². The molecule has 3 heteroatoms. The lowest BCUT2D eigenvalue weighted by atomic mass is 9.68. The number of fused-ring (bicyclic) bond motifs is 12. The maximum absolute atomic E-state index is 6.24. The van der Waals surface area contributed by atoms with Gasteiger partial charge in [-0.15, -0.1) is 0 Å². The predicted octanol–water partition coefficient (Wildman–Crippen LogP) is 15.8. The quantitative estimate of drug-likeness (QED) is 0.181. The number of hydrogen-bond acceptors (Lipinski definition) is 3. The fraction of sp³-hybridized carbons (Fsp3) is 0.175. The molecule has 8 aromatic carbocycles. The number of hydrogen-bond donors (Lipinski definition) is 2. The molecule has 4 N–H and O–H groups in total. The third-order valence-corrected chi connectivity index (χ3v) is 13.5. The van der Waals surface area contributed by atoms with E-state index in [1.165, 1.54) is 72.3 Å². The molecule has 0 radical (unpaired) electrons. The van der Waals surface area contributed by atoms with Crippen molar-refractivity contribution in [3.8, 4) is 33.4 Å². The van der Waals surface area contributed by atoms with Gasteiger partial charge in [0.25, 0.3) is 0 Å². The van der Waals surface area contributed by atoms with Gasteiger partial charge in [-0.2, -0.15) is 0 Å². The maximum Gasteiger partial charge on any atom is 0.135 e. The van der Waals surface area contributed by atoms with Crippen LogP contribution in [0.3, 0.4) is 0 Å². The standard InChI is InChI=1S/C38H27NO.C14H14.C7H8.C4H11N/c39-22-24-9-7-18-35-36(24)29-21-23(19-20-34(29)40-35)25-13-8-17-33-37(25)28-12-3-6-16-32(28)38(33)30-14-4-1-10-26(30)27-11-2-5-15-31(27)38;1-2-12-8-10-14(11-9-12)13-6-4-3-5-7-13;1-7-5-3-2-4-6-7;1-3-4(2)5/h1-4,6-14,16-21H,5,15,22,39H2;3-11H,2H2,1H3;2-6H,1H3;4H,3,5H2,1-2H3. The molecule has 9 aromatic rings. The lowest BCUT2D eigenvalue weighted by Gasteiger charge is -2.33. The summed E-state index contributed by atoms with van der Waals surface area (Å²) in [6.07, 6.45) is 9.05. The average molecular weight is 861 g/mol. The number of rotatable bonds is 5. The zero-order valence-electron chi connectivity index (χ0n) is 38.7. The highest BCUT2D eigenvalue weighted by Gasteiger charge is 2.52. The lowest BCUT2D eigenvalue weighted by molar-refractivity contribution is 0.668. The SMILES string of the molecule is CCC(C)N.CCc1ccc(-c2ccccc2)cc1.Cc1ccccc1.NCc1cccc2oc3ccc(-c4cccc5c4-c4ccccc4C54C5=C(C=CCC5)c5ccccc54)cc3c12. The van der Waals surface area contributed by atoms with Gasteiger partial charge in [0.05, 0.1) is 5.41 Å². The zero-order chi connectivity index (χ0) is 45.6. The molecule has 2 unspecified atom stereocenters. The molecule has 0 fully saturated rings. The van der Waals surface area contributed by atoms with Crippen molar-refractivity contribution in [2.24, 2.45) is 11.5 Å². The average Bonchev–Trinajstić information content (AvgIpc) is 4.01. The molecule has 2 atom stereocenters. The van der Waals surface area contributed by atoms with E-state index in [2.05, 4.69) is 185 Å². The summed E-state index contributed by atoms with van der Waals surface area (Å²) in [6.45, 7) is 8.82. The Morgan fingerprint density at radius 1 is 0.591 bits per heavy atom. The Hall–Kier alpha value is -7.04. The Labute approximate surface area is 391 Å². The van der Waals surface area contributed by atoms with Gasteiger partial charge in [-0.3, -0.25) is 0 Å². The molecule has 3 nitrogen and oxygen atoms in total. The number of benzene rings is 8. The Morgan fingerprint density at radius 3 is 1.85 bits per heavy atom. The molecule has 0 aliphatic heterocycles. The van der Waals surface area contributed by atoms with Crippen molar-refractivity contribution in [2.45, 2.75) is 71.4 Å². The van der Waals surface area contributed by atoms with E-state index in [1.807, 2.05) is 43.3 Å².